The van der Waals surface area contributed by atoms with Gasteiger partial charge in [-0.05, 0) is 50.8 Å². The molecule has 19 heavy (non-hydrogen) atoms. The Labute approximate surface area is 123 Å². The Bertz CT molecular complexity index is 479. The van der Waals surface area contributed by atoms with Crippen LogP contribution in [-0.4, -0.2) is 18.0 Å². The Morgan fingerprint density at radius 1 is 1.05 bits per heavy atom. The minimum Gasteiger partial charge on any atom is -0.299 e. The molecule has 1 nitrogen and oxygen atoms in total. The van der Waals surface area contributed by atoms with Crippen LogP contribution in [0, 0.1) is 0 Å². The van der Waals surface area contributed by atoms with Gasteiger partial charge in [-0.2, -0.15) is 0 Å². The van der Waals surface area contributed by atoms with Crippen molar-refractivity contribution in [3.05, 3.63) is 33.3 Å². The molecular weight excluding hydrogens is 284 g/mol. The Morgan fingerprint density at radius 2 is 1.74 bits per heavy atom. The zero-order valence-electron chi connectivity index (χ0n) is 10.9. The minimum atomic E-state index is -1.24. The van der Waals surface area contributed by atoms with Crippen molar-refractivity contribution in [2.45, 2.75) is 44.3 Å². The second kappa shape index (κ2) is 5.23. The summed E-state index contributed by atoms with van der Waals surface area (Å²) in [6.45, 7) is 3.05. The zero-order chi connectivity index (χ0) is 13.5. The number of hydrogen-bond acceptors (Lipinski definition) is 1. The molecule has 1 aliphatic carbocycles. The molecule has 0 radical (unpaired) electrons. The highest BCUT2D eigenvalue weighted by molar-refractivity contribution is 6.43. The van der Waals surface area contributed by atoms with Crippen molar-refractivity contribution in [1.82, 2.24) is 4.90 Å². The van der Waals surface area contributed by atoms with Crippen LogP contribution in [0.4, 0.5) is 4.39 Å². The van der Waals surface area contributed by atoms with E-state index >= 15 is 0 Å². The molecule has 1 saturated carbocycles. The van der Waals surface area contributed by atoms with E-state index in [-0.39, 0.29) is 0 Å². The van der Waals surface area contributed by atoms with E-state index in [9.17, 15) is 4.39 Å². The number of hydrogen-bond donors (Lipinski definition) is 0. The molecular formula is C15H18Cl2FN. The minimum absolute atomic E-state index is 0.417. The molecule has 1 aliphatic heterocycles. The van der Waals surface area contributed by atoms with Crippen LogP contribution in [0.5, 0.6) is 0 Å². The Hall–Kier alpha value is -0.310. The maximum Gasteiger partial charge on any atom is 0.137 e. The van der Waals surface area contributed by atoms with Crippen LogP contribution in [0.15, 0.2) is 12.1 Å². The van der Waals surface area contributed by atoms with Crippen LogP contribution >= 0.6 is 23.2 Å². The smallest absolute Gasteiger partial charge is 0.137 e. The van der Waals surface area contributed by atoms with Crippen LogP contribution < -0.4 is 0 Å². The number of benzene rings is 1. The number of rotatable bonds is 3. The van der Waals surface area contributed by atoms with E-state index in [2.05, 4.69) is 4.90 Å². The van der Waals surface area contributed by atoms with Gasteiger partial charge in [-0.15, -0.1) is 0 Å². The van der Waals surface area contributed by atoms with E-state index in [0.29, 0.717) is 28.5 Å². The molecule has 0 amide bonds. The van der Waals surface area contributed by atoms with Gasteiger partial charge in [0.25, 0.3) is 0 Å². The largest absolute Gasteiger partial charge is 0.299 e. The fourth-order valence-corrected chi connectivity index (χ4v) is 3.57. The van der Waals surface area contributed by atoms with Crippen LogP contribution in [0.3, 0.4) is 0 Å². The summed E-state index contributed by atoms with van der Waals surface area (Å²) in [5.74, 6) is 0. The van der Waals surface area contributed by atoms with Crippen molar-refractivity contribution in [3.8, 4) is 0 Å². The van der Waals surface area contributed by atoms with Crippen molar-refractivity contribution in [2.75, 3.05) is 13.1 Å². The average molecular weight is 302 g/mol. The van der Waals surface area contributed by atoms with Crippen LogP contribution in [-0.2, 0) is 12.2 Å². The van der Waals surface area contributed by atoms with Gasteiger partial charge in [0.05, 0.1) is 10.0 Å². The molecule has 1 saturated heterocycles. The van der Waals surface area contributed by atoms with Crippen LogP contribution in [0.25, 0.3) is 0 Å². The zero-order valence-corrected chi connectivity index (χ0v) is 12.4. The molecule has 2 fully saturated rings. The summed E-state index contributed by atoms with van der Waals surface area (Å²) < 4.78 is 14.5. The molecule has 3 rings (SSSR count). The molecule has 1 aromatic rings. The lowest BCUT2D eigenvalue weighted by Gasteiger charge is -2.35. The van der Waals surface area contributed by atoms with Gasteiger partial charge in [-0.25, -0.2) is 4.39 Å². The summed E-state index contributed by atoms with van der Waals surface area (Å²) >= 11 is 12.6. The normalized spacial score (nSPS) is 22.5. The monoisotopic (exact) mass is 301 g/mol. The van der Waals surface area contributed by atoms with Gasteiger partial charge < -0.3 is 0 Å². The third kappa shape index (κ3) is 2.51. The van der Waals surface area contributed by atoms with Crippen molar-refractivity contribution in [1.29, 1.82) is 0 Å². The van der Waals surface area contributed by atoms with E-state index in [0.717, 1.165) is 31.6 Å². The molecule has 1 aromatic carbocycles. The summed E-state index contributed by atoms with van der Waals surface area (Å²) in [5, 5.41) is 0.954. The fourth-order valence-electron chi connectivity index (χ4n) is 3.00. The second-order valence-corrected chi connectivity index (χ2v) is 6.46. The lowest BCUT2D eigenvalue weighted by molar-refractivity contribution is 0.0610. The third-order valence-corrected chi connectivity index (χ3v) is 5.30. The summed E-state index contributed by atoms with van der Waals surface area (Å²) in [5.41, 5.74) is 0.350. The number of likely N-dealkylation sites (tertiary alicyclic amines) is 1. The molecule has 0 atom stereocenters. The van der Waals surface area contributed by atoms with E-state index in [1.807, 2.05) is 12.1 Å². The lowest BCUT2D eigenvalue weighted by atomic mass is 9.76. The Morgan fingerprint density at radius 3 is 2.32 bits per heavy atom. The first kappa shape index (κ1) is 13.7. The van der Waals surface area contributed by atoms with Crippen molar-refractivity contribution in [2.24, 2.45) is 0 Å². The third-order valence-electron chi connectivity index (χ3n) is 4.38. The van der Waals surface area contributed by atoms with Gasteiger partial charge in [0.2, 0.25) is 0 Å². The lowest BCUT2D eigenvalue weighted by Crippen LogP contribution is -2.29. The molecule has 0 spiro atoms. The van der Waals surface area contributed by atoms with E-state index in [1.54, 1.807) is 0 Å². The summed E-state index contributed by atoms with van der Waals surface area (Å²) in [6.07, 6.45) is 4.55. The predicted octanol–water partition coefficient (Wildman–Crippen LogP) is 4.94. The van der Waals surface area contributed by atoms with E-state index in [1.165, 1.54) is 12.8 Å². The number of alkyl halides is 1. The van der Waals surface area contributed by atoms with Crippen molar-refractivity contribution < 1.29 is 4.39 Å². The summed E-state index contributed by atoms with van der Waals surface area (Å²) in [4.78, 5) is 2.37. The maximum absolute atomic E-state index is 14.5. The Kier molecular flexibility index (Phi) is 3.76. The predicted molar refractivity (Wildman–Crippen MR) is 77.6 cm³/mol. The highest BCUT2D eigenvalue weighted by Gasteiger charge is 2.41. The number of nitrogens with zero attached hydrogens (tertiary/aromatic N) is 1. The maximum atomic E-state index is 14.5. The molecule has 4 heteroatoms. The summed E-state index contributed by atoms with van der Waals surface area (Å²) in [6, 6.07) is 3.78. The number of halogens is 3. The van der Waals surface area contributed by atoms with Crippen LogP contribution in [0.1, 0.15) is 43.2 Å². The van der Waals surface area contributed by atoms with Gasteiger partial charge in [-0.1, -0.05) is 35.3 Å². The molecule has 0 bridgehead atoms. The van der Waals surface area contributed by atoms with Crippen LogP contribution in [0.2, 0.25) is 10.0 Å². The quantitative estimate of drug-likeness (QED) is 0.764. The standard InChI is InChI=1S/C15H18Cl2FN/c16-13-11(10-19-8-1-2-9-19)4-5-12(14(13)17)15(18)6-3-7-15/h4-5H,1-3,6-10H2. The first-order chi connectivity index (χ1) is 9.10. The van der Waals surface area contributed by atoms with E-state index in [4.69, 9.17) is 23.2 Å². The summed E-state index contributed by atoms with van der Waals surface area (Å²) in [7, 11) is 0. The molecule has 2 aliphatic rings. The van der Waals surface area contributed by atoms with Gasteiger partial charge in [0.1, 0.15) is 5.67 Å². The average Bonchev–Trinajstić information content (AvgIpc) is 2.85. The van der Waals surface area contributed by atoms with Gasteiger partial charge >= 0.3 is 0 Å². The molecule has 1 heterocycles. The first-order valence-corrected chi connectivity index (χ1v) is 7.74. The fraction of sp³-hybridized carbons (Fsp3) is 0.600. The topological polar surface area (TPSA) is 3.24 Å². The van der Waals surface area contributed by atoms with Gasteiger partial charge in [0, 0.05) is 12.1 Å². The van der Waals surface area contributed by atoms with E-state index < -0.39 is 5.67 Å². The SMILES string of the molecule is FC1(c2ccc(CN3CCCC3)c(Cl)c2Cl)CCC1. The highest BCUT2D eigenvalue weighted by Crippen LogP contribution is 2.49. The Balaban J connectivity index is 1.85. The van der Waals surface area contributed by atoms with Crippen molar-refractivity contribution in [3.63, 3.8) is 0 Å². The highest BCUT2D eigenvalue weighted by atomic mass is 35.5. The molecule has 0 N–H and O–H groups in total. The van der Waals surface area contributed by atoms with Gasteiger partial charge in [0.15, 0.2) is 0 Å². The second-order valence-electron chi connectivity index (χ2n) is 5.70. The molecule has 0 aromatic heterocycles. The van der Waals surface area contributed by atoms with Crippen molar-refractivity contribution >= 4 is 23.2 Å². The first-order valence-electron chi connectivity index (χ1n) is 6.99. The molecule has 0 unspecified atom stereocenters. The molecule has 104 valence electrons. The van der Waals surface area contributed by atoms with Gasteiger partial charge in [-0.3, -0.25) is 4.90 Å².